The quantitative estimate of drug-likeness (QED) is 0.761. The molecule has 2 rings (SSSR count). The number of carbonyl (C=O) groups is 2. The van der Waals surface area contributed by atoms with Crippen molar-refractivity contribution >= 4 is 21.9 Å². The number of carbonyl (C=O) groups excluding carboxylic acids is 1. The molecule has 0 bridgehead atoms. The fourth-order valence-electron chi connectivity index (χ4n) is 2.24. The zero-order valence-corrected chi connectivity index (χ0v) is 14.5. The highest BCUT2D eigenvalue weighted by Crippen LogP contribution is 2.21. The topological polar surface area (TPSA) is 117 Å². The van der Waals surface area contributed by atoms with Gasteiger partial charge in [-0.1, -0.05) is 30.3 Å². The molecule has 0 unspecified atom stereocenters. The van der Waals surface area contributed by atoms with Gasteiger partial charge in [0.25, 0.3) is 15.9 Å². The van der Waals surface area contributed by atoms with E-state index in [1.165, 1.54) is 14.0 Å². The molecule has 1 aromatic carbocycles. The summed E-state index contributed by atoms with van der Waals surface area (Å²) in [6.07, 6.45) is 0. The van der Waals surface area contributed by atoms with E-state index in [1.54, 1.807) is 24.3 Å². The van der Waals surface area contributed by atoms with Crippen molar-refractivity contribution in [3.63, 3.8) is 0 Å². The van der Waals surface area contributed by atoms with Crippen LogP contribution in [0.2, 0.25) is 0 Å². The summed E-state index contributed by atoms with van der Waals surface area (Å²) in [5.41, 5.74) is 0.757. The number of furan rings is 1. The number of carboxylic acid groups (broad SMARTS) is 1. The smallest absolute Gasteiger partial charge is 0.323 e. The fraction of sp³-hybridized carbons (Fsp3) is 0.250. The molecule has 9 heteroatoms. The minimum atomic E-state index is -3.84. The van der Waals surface area contributed by atoms with Crippen LogP contribution < -0.4 is 4.72 Å². The molecule has 1 amide bonds. The molecule has 0 atom stereocenters. The molecule has 0 spiro atoms. The lowest BCUT2D eigenvalue weighted by atomic mass is 10.1. The lowest BCUT2D eigenvalue weighted by Crippen LogP contribution is -2.35. The average Bonchev–Trinajstić information content (AvgIpc) is 2.97. The number of hydrogen-bond acceptors (Lipinski definition) is 5. The Kier molecular flexibility index (Phi) is 5.60. The highest BCUT2D eigenvalue weighted by atomic mass is 32.2. The summed E-state index contributed by atoms with van der Waals surface area (Å²) in [6.45, 7) is 1.00. The van der Waals surface area contributed by atoms with Crippen LogP contribution in [-0.2, 0) is 21.4 Å². The van der Waals surface area contributed by atoms with Crippen LogP contribution in [0.1, 0.15) is 21.7 Å². The number of hydrogen-bond donors (Lipinski definition) is 2. The van der Waals surface area contributed by atoms with Gasteiger partial charge < -0.3 is 14.4 Å². The fourth-order valence-corrected chi connectivity index (χ4v) is 2.95. The molecule has 2 N–H and O–H groups in total. The van der Waals surface area contributed by atoms with E-state index in [0.29, 0.717) is 0 Å². The summed E-state index contributed by atoms with van der Waals surface area (Å²) >= 11 is 0. The van der Waals surface area contributed by atoms with Gasteiger partial charge in [-0.2, -0.15) is 0 Å². The van der Waals surface area contributed by atoms with Gasteiger partial charge in [0.15, 0.2) is 0 Å². The summed E-state index contributed by atoms with van der Waals surface area (Å²) in [5, 5.41) is 8.68. The van der Waals surface area contributed by atoms with E-state index in [1.807, 2.05) is 6.07 Å². The third kappa shape index (κ3) is 4.46. The second kappa shape index (κ2) is 7.49. The highest BCUT2D eigenvalue weighted by Gasteiger charge is 2.26. The highest BCUT2D eigenvalue weighted by molar-refractivity contribution is 7.89. The van der Waals surface area contributed by atoms with E-state index in [4.69, 9.17) is 9.52 Å². The number of benzene rings is 1. The molecule has 2 aromatic rings. The first-order valence-electron chi connectivity index (χ1n) is 7.33. The van der Waals surface area contributed by atoms with Crippen molar-refractivity contribution in [1.82, 2.24) is 9.62 Å². The van der Waals surface area contributed by atoms with Gasteiger partial charge in [-0.15, -0.1) is 0 Å². The summed E-state index contributed by atoms with van der Waals surface area (Å²) in [7, 11) is -2.62. The van der Waals surface area contributed by atoms with Crippen LogP contribution >= 0.6 is 0 Å². The van der Waals surface area contributed by atoms with Crippen LogP contribution in [0.15, 0.2) is 45.9 Å². The summed E-state index contributed by atoms with van der Waals surface area (Å²) in [6, 6.07) is 9.99. The van der Waals surface area contributed by atoms with Crippen LogP contribution in [0.25, 0.3) is 0 Å². The van der Waals surface area contributed by atoms with Crippen molar-refractivity contribution < 1.29 is 27.5 Å². The van der Waals surface area contributed by atoms with Crippen LogP contribution in [-0.4, -0.2) is 43.9 Å². The molecule has 8 nitrogen and oxygen atoms in total. The van der Waals surface area contributed by atoms with Crippen LogP contribution in [0.5, 0.6) is 0 Å². The van der Waals surface area contributed by atoms with Crippen LogP contribution in [0.4, 0.5) is 0 Å². The maximum absolute atomic E-state index is 12.7. The first kappa shape index (κ1) is 18.7. The Bertz CT molecular complexity index is 873. The zero-order chi connectivity index (χ0) is 18.6. The van der Waals surface area contributed by atoms with Gasteiger partial charge in [-0.3, -0.25) is 9.59 Å². The van der Waals surface area contributed by atoms with E-state index in [2.05, 4.69) is 4.72 Å². The molecule has 0 aliphatic rings. The van der Waals surface area contributed by atoms with Gasteiger partial charge in [0, 0.05) is 12.6 Å². The van der Waals surface area contributed by atoms with Crippen molar-refractivity contribution in [2.24, 2.45) is 0 Å². The maximum Gasteiger partial charge on any atom is 0.323 e. The second-order valence-electron chi connectivity index (χ2n) is 5.28. The number of carboxylic acids is 1. The Hall–Kier alpha value is -2.65. The van der Waals surface area contributed by atoms with Crippen molar-refractivity contribution in [2.75, 3.05) is 13.6 Å². The third-order valence-electron chi connectivity index (χ3n) is 3.49. The molecule has 0 saturated carbocycles. The second-order valence-corrected chi connectivity index (χ2v) is 7.10. The average molecular weight is 366 g/mol. The first-order valence-corrected chi connectivity index (χ1v) is 8.82. The molecule has 0 aliphatic carbocycles. The Morgan fingerprint density at radius 3 is 2.44 bits per heavy atom. The molecule has 0 saturated heterocycles. The van der Waals surface area contributed by atoms with Gasteiger partial charge in [0.05, 0.1) is 5.56 Å². The largest absolute Gasteiger partial charge is 0.480 e. The van der Waals surface area contributed by atoms with E-state index in [9.17, 15) is 18.0 Å². The number of rotatable bonds is 7. The number of nitrogens with zero attached hydrogens (tertiary/aromatic N) is 1. The summed E-state index contributed by atoms with van der Waals surface area (Å²) in [5.74, 6) is -1.69. The van der Waals surface area contributed by atoms with E-state index in [0.717, 1.165) is 16.5 Å². The van der Waals surface area contributed by atoms with Crippen molar-refractivity contribution in [3.05, 3.63) is 53.3 Å². The third-order valence-corrected chi connectivity index (χ3v) is 4.76. The van der Waals surface area contributed by atoms with Crippen molar-refractivity contribution in [2.45, 2.75) is 18.6 Å². The van der Waals surface area contributed by atoms with Crippen LogP contribution in [0, 0.1) is 6.92 Å². The number of amides is 1. The molecule has 0 aliphatic heterocycles. The van der Waals surface area contributed by atoms with Crippen molar-refractivity contribution in [1.29, 1.82) is 0 Å². The molecule has 134 valence electrons. The number of sulfonamides is 1. The minimum Gasteiger partial charge on any atom is -0.480 e. The standard InChI is InChI=1S/C16H18N2O6S/c1-11-13(8-15(24-11)25(22,23)17-2)16(21)18(10-14(19)20)9-12-6-4-3-5-7-12/h3-8,17H,9-10H2,1-2H3,(H,19,20). The van der Waals surface area contributed by atoms with E-state index >= 15 is 0 Å². The maximum atomic E-state index is 12.7. The Morgan fingerprint density at radius 1 is 1.24 bits per heavy atom. The first-order chi connectivity index (χ1) is 11.7. The van der Waals surface area contributed by atoms with Gasteiger partial charge >= 0.3 is 5.97 Å². The number of nitrogens with one attached hydrogen (secondary N) is 1. The normalized spacial score (nSPS) is 11.3. The van der Waals surface area contributed by atoms with Gasteiger partial charge in [-0.25, -0.2) is 13.1 Å². The zero-order valence-electron chi connectivity index (χ0n) is 13.7. The molecular weight excluding hydrogens is 348 g/mol. The molecule has 1 aromatic heterocycles. The SMILES string of the molecule is CNS(=O)(=O)c1cc(C(=O)N(CC(=O)O)Cc2ccccc2)c(C)o1. The van der Waals surface area contributed by atoms with E-state index < -0.39 is 33.5 Å². The van der Waals surface area contributed by atoms with Gasteiger partial charge in [0.2, 0.25) is 5.09 Å². The van der Waals surface area contributed by atoms with Crippen molar-refractivity contribution in [3.8, 4) is 0 Å². The number of aliphatic carboxylic acids is 1. The molecule has 25 heavy (non-hydrogen) atoms. The molecule has 0 radical (unpaired) electrons. The van der Waals surface area contributed by atoms with Gasteiger partial charge in [-0.05, 0) is 19.5 Å². The lowest BCUT2D eigenvalue weighted by Gasteiger charge is -2.20. The molecular formula is C16H18N2O6S. The Morgan fingerprint density at radius 2 is 1.88 bits per heavy atom. The Balaban J connectivity index is 2.35. The monoisotopic (exact) mass is 366 g/mol. The summed E-state index contributed by atoms with van der Waals surface area (Å²) in [4.78, 5) is 24.9. The molecule has 1 heterocycles. The lowest BCUT2D eigenvalue weighted by molar-refractivity contribution is -0.137. The van der Waals surface area contributed by atoms with E-state index in [-0.39, 0.29) is 17.9 Å². The predicted octanol–water partition coefficient (Wildman–Crippen LogP) is 1.22. The minimum absolute atomic E-state index is 0.00556. The number of aryl methyl sites for hydroxylation is 1. The van der Waals surface area contributed by atoms with Crippen LogP contribution in [0.3, 0.4) is 0 Å². The summed E-state index contributed by atoms with van der Waals surface area (Å²) < 4.78 is 30.9. The molecule has 0 fully saturated rings. The predicted molar refractivity (Wildman–Crippen MR) is 88.5 cm³/mol. The van der Waals surface area contributed by atoms with Gasteiger partial charge in [0.1, 0.15) is 12.3 Å². The Labute approximate surface area is 145 Å².